The number of hydrogen-bond donors (Lipinski definition) is 1. The predicted octanol–water partition coefficient (Wildman–Crippen LogP) is 4.88. The molecule has 1 aromatic carbocycles. The van der Waals surface area contributed by atoms with Crippen LogP contribution in [0.2, 0.25) is 0 Å². The van der Waals surface area contributed by atoms with Crippen molar-refractivity contribution in [2.24, 2.45) is 0 Å². The van der Waals surface area contributed by atoms with Gasteiger partial charge in [-0.3, -0.25) is 4.79 Å². The molecule has 0 saturated heterocycles. The number of thiophene rings is 1. The minimum Gasteiger partial charge on any atom is -0.350 e. The van der Waals surface area contributed by atoms with Gasteiger partial charge in [-0.15, -0.1) is 11.3 Å². The fourth-order valence-electron chi connectivity index (χ4n) is 2.84. The number of thioether (sulfide) groups is 1. The monoisotopic (exact) mass is 370 g/mol. The number of pyridine rings is 1. The van der Waals surface area contributed by atoms with Crippen LogP contribution in [0.25, 0.3) is 10.9 Å². The van der Waals surface area contributed by atoms with Gasteiger partial charge in [-0.05, 0) is 55.0 Å². The maximum absolute atomic E-state index is 12.1. The third kappa shape index (κ3) is 4.41. The van der Waals surface area contributed by atoms with E-state index in [0.29, 0.717) is 12.3 Å². The first-order chi connectivity index (χ1) is 12.1. The number of carbonyl (C=O) groups is 1. The van der Waals surface area contributed by atoms with Crippen LogP contribution in [-0.4, -0.2) is 16.6 Å². The standard InChI is InChI=1S/C20H22N2OS2/c1-4-15-10-16-9-13(2)8-14(3)19(16)22-20(15)25-12-18(23)21-11-17-6-5-7-24-17/h5-10H,4,11-12H2,1-3H3,(H,21,23). The van der Waals surface area contributed by atoms with Gasteiger partial charge in [0, 0.05) is 10.3 Å². The molecule has 25 heavy (non-hydrogen) atoms. The van der Waals surface area contributed by atoms with Gasteiger partial charge < -0.3 is 5.32 Å². The first-order valence-electron chi connectivity index (χ1n) is 8.39. The fourth-order valence-corrected chi connectivity index (χ4v) is 4.40. The van der Waals surface area contributed by atoms with Gasteiger partial charge in [0.2, 0.25) is 5.91 Å². The van der Waals surface area contributed by atoms with Gasteiger partial charge in [-0.25, -0.2) is 4.98 Å². The summed E-state index contributed by atoms with van der Waals surface area (Å²) >= 11 is 3.18. The highest BCUT2D eigenvalue weighted by molar-refractivity contribution is 7.99. The Balaban J connectivity index is 1.72. The zero-order valence-electron chi connectivity index (χ0n) is 14.8. The highest BCUT2D eigenvalue weighted by Crippen LogP contribution is 2.27. The molecule has 0 aliphatic rings. The fraction of sp³-hybridized carbons (Fsp3) is 0.300. The smallest absolute Gasteiger partial charge is 0.230 e. The number of carbonyl (C=O) groups excluding carboxylic acids is 1. The van der Waals surface area contributed by atoms with Gasteiger partial charge in [-0.1, -0.05) is 36.4 Å². The van der Waals surface area contributed by atoms with Crippen molar-refractivity contribution in [1.29, 1.82) is 0 Å². The van der Waals surface area contributed by atoms with Crippen LogP contribution in [0, 0.1) is 13.8 Å². The molecule has 0 aliphatic heterocycles. The number of nitrogens with one attached hydrogen (secondary N) is 1. The Kier molecular flexibility index (Phi) is 5.76. The Bertz CT molecular complexity index is 888. The number of aryl methyl sites for hydroxylation is 3. The molecule has 0 bridgehead atoms. The van der Waals surface area contributed by atoms with Crippen LogP contribution in [0.5, 0.6) is 0 Å². The average molecular weight is 371 g/mol. The van der Waals surface area contributed by atoms with Crippen molar-refractivity contribution >= 4 is 39.9 Å². The van der Waals surface area contributed by atoms with E-state index in [1.54, 1.807) is 11.3 Å². The minimum atomic E-state index is 0.0444. The minimum absolute atomic E-state index is 0.0444. The van der Waals surface area contributed by atoms with Crippen LogP contribution in [0.4, 0.5) is 0 Å². The number of nitrogens with zero attached hydrogens (tertiary/aromatic N) is 1. The van der Waals surface area contributed by atoms with E-state index in [9.17, 15) is 4.79 Å². The van der Waals surface area contributed by atoms with Crippen LogP contribution >= 0.6 is 23.1 Å². The van der Waals surface area contributed by atoms with Crippen LogP contribution in [-0.2, 0) is 17.8 Å². The highest BCUT2D eigenvalue weighted by atomic mass is 32.2. The van der Waals surface area contributed by atoms with Gasteiger partial charge >= 0.3 is 0 Å². The third-order valence-electron chi connectivity index (χ3n) is 4.05. The van der Waals surface area contributed by atoms with Gasteiger partial charge in [0.15, 0.2) is 0 Å². The Morgan fingerprint density at radius 2 is 2.12 bits per heavy atom. The maximum Gasteiger partial charge on any atom is 0.230 e. The molecule has 3 rings (SSSR count). The number of amides is 1. The Morgan fingerprint density at radius 3 is 2.84 bits per heavy atom. The lowest BCUT2D eigenvalue weighted by molar-refractivity contribution is -0.118. The molecule has 3 aromatic rings. The first kappa shape index (κ1) is 18.0. The summed E-state index contributed by atoms with van der Waals surface area (Å²) in [6, 6.07) is 10.6. The highest BCUT2D eigenvalue weighted by Gasteiger charge is 2.11. The van der Waals surface area contributed by atoms with Gasteiger partial charge in [0.1, 0.15) is 5.03 Å². The molecule has 2 aromatic heterocycles. The zero-order valence-corrected chi connectivity index (χ0v) is 16.4. The summed E-state index contributed by atoms with van der Waals surface area (Å²) in [5, 5.41) is 7.14. The Morgan fingerprint density at radius 1 is 1.28 bits per heavy atom. The SMILES string of the molecule is CCc1cc2cc(C)cc(C)c2nc1SCC(=O)NCc1cccs1. The number of benzene rings is 1. The molecule has 0 unspecified atom stereocenters. The topological polar surface area (TPSA) is 42.0 Å². The van der Waals surface area contributed by atoms with Gasteiger partial charge in [-0.2, -0.15) is 0 Å². The van der Waals surface area contributed by atoms with E-state index in [1.807, 2.05) is 17.5 Å². The molecule has 0 spiro atoms. The average Bonchev–Trinajstić information content (AvgIpc) is 3.11. The van der Waals surface area contributed by atoms with Crippen molar-refractivity contribution in [2.75, 3.05) is 5.75 Å². The van der Waals surface area contributed by atoms with E-state index in [1.165, 1.54) is 38.7 Å². The molecule has 0 fully saturated rings. The molecule has 5 heteroatoms. The maximum atomic E-state index is 12.1. The van der Waals surface area contributed by atoms with Crippen LogP contribution in [0.1, 0.15) is 28.5 Å². The second-order valence-electron chi connectivity index (χ2n) is 6.10. The van der Waals surface area contributed by atoms with E-state index in [2.05, 4.69) is 44.3 Å². The predicted molar refractivity (Wildman–Crippen MR) is 107 cm³/mol. The molecule has 1 N–H and O–H groups in total. The van der Waals surface area contributed by atoms with E-state index < -0.39 is 0 Å². The second kappa shape index (κ2) is 8.02. The Hall–Kier alpha value is -1.85. The molecule has 3 nitrogen and oxygen atoms in total. The Labute approximate surface area is 156 Å². The molecule has 0 saturated carbocycles. The van der Waals surface area contributed by atoms with Crippen molar-refractivity contribution in [2.45, 2.75) is 38.8 Å². The number of rotatable bonds is 6. The molecule has 2 heterocycles. The van der Waals surface area contributed by atoms with Crippen molar-refractivity contribution < 1.29 is 4.79 Å². The summed E-state index contributed by atoms with van der Waals surface area (Å²) < 4.78 is 0. The molecular formula is C20H22N2OS2. The number of hydrogen-bond acceptors (Lipinski definition) is 4. The van der Waals surface area contributed by atoms with E-state index in [-0.39, 0.29) is 5.91 Å². The second-order valence-corrected chi connectivity index (χ2v) is 8.10. The summed E-state index contributed by atoms with van der Waals surface area (Å²) in [5.74, 6) is 0.435. The van der Waals surface area contributed by atoms with Crippen LogP contribution in [0.3, 0.4) is 0 Å². The lowest BCUT2D eigenvalue weighted by Crippen LogP contribution is -2.24. The lowest BCUT2D eigenvalue weighted by atomic mass is 10.0. The summed E-state index contributed by atoms with van der Waals surface area (Å²) in [6.45, 7) is 6.93. The van der Waals surface area contributed by atoms with Gasteiger partial charge in [0.05, 0.1) is 17.8 Å². The molecule has 0 radical (unpaired) electrons. The molecular weight excluding hydrogens is 348 g/mol. The van der Waals surface area contributed by atoms with Crippen LogP contribution < -0.4 is 5.32 Å². The molecule has 0 aliphatic carbocycles. The normalized spacial score (nSPS) is 11.0. The third-order valence-corrected chi connectivity index (χ3v) is 5.96. The van der Waals surface area contributed by atoms with Crippen molar-refractivity contribution in [3.63, 3.8) is 0 Å². The summed E-state index contributed by atoms with van der Waals surface area (Å²) in [7, 11) is 0. The molecule has 0 atom stereocenters. The van der Waals surface area contributed by atoms with E-state index in [0.717, 1.165) is 17.0 Å². The van der Waals surface area contributed by atoms with Gasteiger partial charge in [0.25, 0.3) is 0 Å². The molecule has 1 amide bonds. The zero-order chi connectivity index (χ0) is 17.8. The van der Waals surface area contributed by atoms with Crippen molar-refractivity contribution in [3.05, 3.63) is 57.3 Å². The lowest BCUT2D eigenvalue weighted by Gasteiger charge is -2.11. The van der Waals surface area contributed by atoms with E-state index in [4.69, 9.17) is 4.98 Å². The van der Waals surface area contributed by atoms with Crippen LogP contribution in [0.15, 0.2) is 40.7 Å². The largest absolute Gasteiger partial charge is 0.350 e. The van der Waals surface area contributed by atoms with E-state index >= 15 is 0 Å². The van der Waals surface area contributed by atoms with Crippen molar-refractivity contribution in [3.8, 4) is 0 Å². The number of aromatic nitrogens is 1. The summed E-state index contributed by atoms with van der Waals surface area (Å²) in [4.78, 5) is 18.2. The summed E-state index contributed by atoms with van der Waals surface area (Å²) in [5.41, 5.74) is 4.67. The first-order valence-corrected chi connectivity index (χ1v) is 10.3. The number of fused-ring (bicyclic) bond motifs is 1. The summed E-state index contributed by atoms with van der Waals surface area (Å²) in [6.07, 6.45) is 0.912. The quantitative estimate of drug-likeness (QED) is 0.629. The molecule has 130 valence electrons. The van der Waals surface area contributed by atoms with Crippen molar-refractivity contribution in [1.82, 2.24) is 10.3 Å².